The van der Waals surface area contributed by atoms with Crippen LogP contribution in [0, 0.1) is 5.92 Å². The first-order chi connectivity index (χ1) is 10.8. The second kappa shape index (κ2) is 7.23. The van der Waals surface area contributed by atoms with Crippen molar-refractivity contribution in [3.63, 3.8) is 0 Å². The summed E-state index contributed by atoms with van der Waals surface area (Å²) in [6.07, 6.45) is 0. The molecule has 0 bridgehead atoms. The number of carbonyl (C=O) groups is 2. The summed E-state index contributed by atoms with van der Waals surface area (Å²) in [5, 5.41) is 6.27. The van der Waals surface area contributed by atoms with Crippen molar-refractivity contribution in [1.82, 2.24) is 10.6 Å². The van der Waals surface area contributed by atoms with E-state index in [1.54, 1.807) is 25.1 Å². The van der Waals surface area contributed by atoms with Crippen LogP contribution in [0.1, 0.15) is 32.4 Å². The van der Waals surface area contributed by atoms with Gasteiger partial charge in [-0.05, 0) is 30.5 Å². The van der Waals surface area contributed by atoms with E-state index in [4.69, 9.17) is 27.9 Å². The van der Waals surface area contributed by atoms with Gasteiger partial charge >= 0.3 is 12.0 Å². The molecule has 0 aliphatic carbocycles. The van der Waals surface area contributed by atoms with Crippen LogP contribution in [0.3, 0.4) is 0 Å². The van der Waals surface area contributed by atoms with E-state index in [9.17, 15) is 9.59 Å². The van der Waals surface area contributed by atoms with Gasteiger partial charge in [0.25, 0.3) is 0 Å². The Labute approximate surface area is 145 Å². The van der Waals surface area contributed by atoms with Crippen molar-refractivity contribution in [2.75, 3.05) is 6.61 Å². The molecule has 0 spiro atoms. The summed E-state index contributed by atoms with van der Waals surface area (Å²) in [4.78, 5) is 24.4. The lowest BCUT2D eigenvalue weighted by atomic mass is 9.91. The van der Waals surface area contributed by atoms with E-state index in [0.717, 1.165) is 0 Å². The van der Waals surface area contributed by atoms with Gasteiger partial charge in [0.2, 0.25) is 0 Å². The van der Waals surface area contributed by atoms with Crippen LogP contribution in [-0.4, -0.2) is 18.6 Å². The van der Waals surface area contributed by atoms with Crippen LogP contribution in [0.2, 0.25) is 10.0 Å². The largest absolute Gasteiger partial charge is 0.463 e. The minimum Gasteiger partial charge on any atom is -0.463 e. The highest BCUT2D eigenvalue weighted by molar-refractivity contribution is 6.35. The molecule has 7 heteroatoms. The van der Waals surface area contributed by atoms with Crippen molar-refractivity contribution < 1.29 is 14.3 Å². The highest BCUT2D eigenvalue weighted by atomic mass is 35.5. The lowest BCUT2D eigenvalue weighted by Gasteiger charge is -2.31. The zero-order valence-electron chi connectivity index (χ0n) is 13.1. The number of amides is 2. The molecule has 0 radical (unpaired) electrons. The molecular weight excluding hydrogens is 339 g/mol. The third kappa shape index (κ3) is 3.79. The minimum atomic E-state index is -0.690. The van der Waals surface area contributed by atoms with Crippen LogP contribution >= 0.6 is 23.2 Å². The molecule has 2 N–H and O–H groups in total. The maximum atomic E-state index is 12.4. The van der Waals surface area contributed by atoms with Crippen LogP contribution in [0.15, 0.2) is 29.5 Å². The van der Waals surface area contributed by atoms with Crippen LogP contribution in [0.25, 0.3) is 0 Å². The van der Waals surface area contributed by atoms with E-state index in [1.165, 1.54) is 0 Å². The molecule has 1 aliphatic heterocycles. The van der Waals surface area contributed by atoms with Gasteiger partial charge in [-0.3, -0.25) is 0 Å². The fourth-order valence-corrected chi connectivity index (χ4v) is 2.96. The molecule has 5 nitrogen and oxygen atoms in total. The van der Waals surface area contributed by atoms with Gasteiger partial charge in [-0.2, -0.15) is 0 Å². The molecule has 0 fully saturated rings. The second-order valence-electron chi connectivity index (χ2n) is 5.40. The van der Waals surface area contributed by atoms with Crippen LogP contribution in [-0.2, 0) is 9.53 Å². The number of benzene rings is 1. The SMILES string of the molecule is CCOC(=O)C1=C(C(C)C)NC(=O)NC1c1ccc(Cl)cc1Cl. The standard InChI is InChI=1S/C16H18Cl2N2O3/c1-4-23-15(21)12-13(8(2)3)19-16(22)20-14(12)10-6-5-9(17)7-11(10)18/h5-8,14H,4H2,1-3H3,(H2,19,20,22). The molecule has 0 saturated heterocycles. The molecule has 1 aromatic rings. The molecule has 0 aromatic heterocycles. The Morgan fingerprint density at radius 1 is 1.35 bits per heavy atom. The predicted octanol–water partition coefficient (Wildman–Crippen LogP) is 3.82. The average Bonchev–Trinajstić information content (AvgIpc) is 2.46. The molecule has 23 heavy (non-hydrogen) atoms. The van der Waals surface area contributed by atoms with Crippen molar-refractivity contribution in [2.45, 2.75) is 26.8 Å². The lowest BCUT2D eigenvalue weighted by molar-refractivity contribution is -0.139. The molecular formula is C16H18Cl2N2O3. The van der Waals surface area contributed by atoms with Crippen LogP contribution in [0.5, 0.6) is 0 Å². The van der Waals surface area contributed by atoms with Gasteiger partial charge in [0.15, 0.2) is 0 Å². The zero-order chi connectivity index (χ0) is 17.1. The van der Waals surface area contributed by atoms with Crippen LogP contribution in [0.4, 0.5) is 4.79 Å². The highest BCUT2D eigenvalue weighted by Crippen LogP contribution is 2.35. The minimum absolute atomic E-state index is 0.0611. The van der Waals surface area contributed by atoms with Gasteiger partial charge in [-0.1, -0.05) is 43.1 Å². The summed E-state index contributed by atoms with van der Waals surface area (Å²) in [6, 6.07) is 3.85. The van der Waals surface area contributed by atoms with Gasteiger partial charge in [0.1, 0.15) is 0 Å². The second-order valence-corrected chi connectivity index (χ2v) is 6.24. The van der Waals surface area contributed by atoms with Crippen LogP contribution < -0.4 is 10.6 Å². The summed E-state index contributed by atoms with van der Waals surface area (Å²) < 4.78 is 5.16. The van der Waals surface area contributed by atoms with E-state index in [1.807, 2.05) is 13.8 Å². The summed E-state index contributed by atoms with van der Waals surface area (Å²) in [5.41, 5.74) is 1.47. The molecule has 2 amide bonds. The Bertz CT molecular complexity index is 671. The van der Waals surface area contributed by atoms with E-state index in [2.05, 4.69) is 10.6 Å². The molecule has 2 rings (SSSR count). The van der Waals surface area contributed by atoms with E-state index >= 15 is 0 Å². The number of nitrogens with one attached hydrogen (secondary N) is 2. The van der Waals surface area contributed by atoms with E-state index < -0.39 is 18.0 Å². The first-order valence-corrected chi connectivity index (χ1v) is 8.04. The number of allylic oxidation sites excluding steroid dienone is 1. The average molecular weight is 357 g/mol. The van der Waals surface area contributed by atoms with Gasteiger partial charge in [0.05, 0.1) is 18.2 Å². The number of carbonyl (C=O) groups excluding carboxylic acids is 2. The molecule has 1 atom stereocenters. The monoisotopic (exact) mass is 356 g/mol. The number of hydrogen-bond donors (Lipinski definition) is 2. The van der Waals surface area contributed by atoms with Crippen molar-refractivity contribution in [3.05, 3.63) is 45.1 Å². The Hall–Kier alpha value is -1.72. The number of rotatable bonds is 4. The number of urea groups is 1. The van der Waals surface area contributed by atoms with E-state index in [-0.39, 0.29) is 12.5 Å². The first kappa shape index (κ1) is 17.6. The fraction of sp³-hybridized carbons (Fsp3) is 0.375. The third-order valence-electron chi connectivity index (χ3n) is 3.45. The van der Waals surface area contributed by atoms with Gasteiger partial charge in [-0.15, -0.1) is 0 Å². The summed E-state index contributed by atoms with van der Waals surface area (Å²) in [7, 11) is 0. The number of hydrogen-bond acceptors (Lipinski definition) is 3. The fourth-order valence-electron chi connectivity index (χ4n) is 2.45. The molecule has 1 heterocycles. The predicted molar refractivity (Wildman–Crippen MR) is 89.4 cm³/mol. The molecule has 124 valence electrons. The summed E-state index contributed by atoms with van der Waals surface area (Å²) in [6.45, 7) is 5.75. The maximum Gasteiger partial charge on any atom is 0.338 e. The summed E-state index contributed by atoms with van der Waals surface area (Å²) in [5.74, 6) is -0.547. The molecule has 0 saturated carbocycles. The smallest absolute Gasteiger partial charge is 0.338 e. The van der Waals surface area contributed by atoms with Crippen molar-refractivity contribution in [1.29, 1.82) is 0 Å². The Morgan fingerprint density at radius 3 is 2.61 bits per heavy atom. The van der Waals surface area contributed by atoms with Crippen molar-refractivity contribution >= 4 is 35.2 Å². The quantitative estimate of drug-likeness (QED) is 0.805. The number of halogens is 2. The highest BCUT2D eigenvalue weighted by Gasteiger charge is 2.35. The van der Waals surface area contributed by atoms with Crippen molar-refractivity contribution in [3.8, 4) is 0 Å². The Balaban J connectivity index is 2.59. The number of esters is 1. The molecule has 1 aromatic carbocycles. The molecule has 1 unspecified atom stereocenters. The number of ether oxygens (including phenoxy) is 1. The zero-order valence-corrected chi connectivity index (χ0v) is 14.6. The maximum absolute atomic E-state index is 12.4. The normalized spacial score (nSPS) is 17.8. The Kier molecular flexibility index (Phi) is 5.55. The van der Waals surface area contributed by atoms with Gasteiger partial charge in [0, 0.05) is 15.7 Å². The van der Waals surface area contributed by atoms with E-state index in [0.29, 0.717) is 26.9 Å². The van der Waals surface area contributed by atoms with Crippen molar-refractivity contribution in [2.24, 2.45) is 5.92 Å². The Morgan fingerprint density at radius 2 is 2.04 bits per heavy atom. The van der Waals surface area contributed by atoms with Gasteiger partial charge < -0.3 is 15.4 Å². The van der Waals surface area contributed by atoms with Gasteiger partial charge in [-0.25, -0.2) is 9.59 Å². The lowest BCUT2D eigenvalue weighted by Crippen LogP contribution is -2.47. The summed E-state index contributed by atoms with van der Waals surface area (Å²) >= 11 is 12.2. The third-order valence-corrected chi connectivity index (χ3v) is 4.01. The first-order valence-electron chi connectivity index (χ1n) is 7.28. The molecule has 1 aliphatic rings. The topological polar surface area (TPSA) is 67.4 Å².